The second-order valence-corrected chi connectivity index (χ2v) is 9.20. The minimum absolute atomic E-state index is 0.852. The molecule has 0 bridgehead atoms. The zero-order valence-corrected chi connectivity index (χ0v) is 14.4. The minimum atomic E-state index is -1.80. The van der Waals surface area contributed by atoms with Crippen molar-refractivity contribution in [3.05, 3.63) is 0 Å². The Hall–Kier alpha value is 0.0969. The minimum Gasteiger partial charge on any atom is -0.398 e. The highest BCUT2D eigenvalue weighted by atomic mass is 28.4. The predicted molar refractivity (Wildman–Crippen MR) is 85.7 cm³/mol. The first-order valence-electron chi connectivity index (χ1n) is 7.99. The van der Waals surface area contributed by atoms with Gasteiger partial charge in [0, 0.05) is 14.2 Å². The van der Waals surface area contributed by atoms with E-state index >= 15 is 0 Å². The van der Waals surface area contributed by atoms with Crippen molar-refractivity contribution in [3.63, 3.8) is 0 Å². The van der Waals surface area contributed by atoms with Gasteiger partial charge in [-0.25, -0.2) is 0 Å². The third-order valence-electron chi connectivity index (χ3n) is 3.95. The standard InChI is InChI=1S/C15H35NO2Si/c1-17-19(3,18-2)15-13-11-9-7-5-4-6-8-10-12-14-16/h4-16H2,1-3H3. The molecule has 19 heavy (non-hydrogen) atoms. The zero-order valence-electron chi connectivity index (χ0n) is 13.4. The van der Waals surface area contributed by atoms with E-state index in [1.54, 1.807) is 14.2 Å². The van der Waals surface area contributed by atoms with Crippen molar-refractivity contribution < 1.29 is 8.85 Å². The second-order valence-electron chi connectivity index (χ2n) is 5.62. The molecular weight excluding hydrogens is 254 g/mol. The van der Waals surface area contributed by atoms with Gasteiger partial charge in [-0.3, -0.25) is 0 Å². The van der Waals surface area contributed by atoms with Gasteiger partial charge in [0.25, 0.3) is 0 Å². The number of hydrogen-bond donors (Lipinski definition) is 1. The second kappa shape index (κ2) is 13.1. The van der Waals surface area contributed by atoms with Gasteiger partial charge < -0.3 is 14.6 Å². The van der Waals surface area contributed by atoms with Crippen LogP contribution in [0.5, 0.6) is 0 Å². The summed E-state index contributed by atoms with van der Waals surface area (Å²) in [6, 6.07) is 1.12. The average Bonchev–Trinajstić information content (AvgIpc) is 2.44. The van der Waals surface area contributed by atoms with E-state index in [1.165, 1.54) is 64.2 Å². The van der Waals surface area contributed by atoms with Crippen molar-refractivity contribution in [2.75, 3.05) is 20.8 Å². The Kier molecular flexibility index (Phi) is 13.2. The monoisotopic (exact) mass is 289 g/mol. The summed E-state index contributed by atoms with van der Waals surface area (Å²) >= 11 is 0. The van der Waals surface area contributed by atoms with E-state index in [9.17, 15) is 0 Å². The van der Waals surface area contributed by atoms with Crippen molar-refractivity contribution in [1.29, 1.82) is 0 Å². The van der Waals surface area contributed by atoms with E-state index in [2.05, 4.69) is 6.55 Å². The van der Waals surface area contributed by atoms with Gasteiger partial charge in [0.1, 0.15) is 0 Å². The highest BCUT2D eigenvalue weighted by Crippen LogP contribution is 2.17. The molecule has 0 saturated heterocycles. The molecule has 0 aromatic rings. The molecule has 116 valence electrons. The normalized spacial score (nSPS) is 12.0. The maximum Gasteiger partial charge on any atom is 0.334 e. The first-order valence-corrected chi connectivity index (χ1v) is 10.5. The van der Waals surface area contributed by atoms with Crippen LogP contribution >= 0.6 is 0 Å². The Balaban J connectivity index is 3.19. The number of nitrogens with two attached hydrogens (primary N) is 1. The van der Waals surface area contributed by atoms with E-state index in [1.807, 2.05) is 0 Å². The molecule has 0 fully saturated rings. The molecule has 0 aliphatic carbocycles. The van der Waals surface area contributed by atoms with Crippen LogP contribution in [0.2, 0.25) is 12.6 Å². The summed E-state index contributed by atoms with van der Waals surface area (Å²) in [6.45, 7) is 3.00. The van der Waals surface area contributed by atoms with Gasteiger partial charge in [-0.05, 0) is 25.6 Å². The lowest BCUT2D eigenvalue weighted by atomic mass is 10.1. The topological polar surface area (TPSA) is 44.5 Å². The number of hydrogen-bond acceptors (Lipinski definition) is 3. The van der Waals surface area contributed by atoms with E-state index in [4.69, 9.17) is 14.6 Å². The van der Waals surface area contributed by atoms with Crippen LogP contribution in [0.3, 0.4) is 0 Å². The van der Waals surface area contributed by atoms with Crippen molar-refractivity contribution in [2.24, 2.45) is 5.73 Å². The Morgan fingerprint density at radius 2 is 1.05 bits per heavy atom. The predicted octanol–water partition coefficient (Wildman–Crippen LogP) is 4.21. The fraction of sp³-hybridized carbons (Fsp3) is 1.00. The molecule has 0 spiro atoms. The third-order valence-corrected chi connectivity index (χ3v) is 6.94. The van der Waals surface area contributed by atoms with E-state index < -0.39 is 8.56 Å². The summed E-state index contributed by atoms with van der Waals surface area (Å²) < 4.78 is 11.0. The van der Waals surface area contributed by atoms with Crippen LogP contribution in [-0.4, -0.2) is 29.3 Å². The van der Waals surface area contributed by atoms with Crippen molar-refractivity contribution >= 4 is 8.56 Å². The van der Waals surface area contributed by atoms with Crippen LogP contribution in [-0.2, 0) is 8.85 Å². The summed E-state index contributed by atoms with van der Waals surface area (Å²) in [5.74, 6) is 0. The lowest BCUT2D eigenvalue weighted by Gasteiger charge is -2.22. The molecule has 0 aliphatic rings. The largest absolute Gasteiger partial charge is 0.398 e. The zero-order chi connectivity index (χ0) is 14.4. The highest BCUT2D eigenvalue weighted by molar-refractivity contribution is 6.65. The van der Waals surface area contributed by atoms with Crippen LogP contribution in [0, 0.1) is 0 Å². The van der Waals surface area contributed by atoms with Crippen LogP contribution < -0.4 is 5.73 Å². The fourth-order valence-electron chi connectivity index (χ4n) is 2.29. The van der Waals surface area contributed by atoms with Crippen LogP contribution in [0.15, 0.2) is 0 Å². The molecule has 0 rings (SSSR count). The smallest absolute Gasteiger partial charge is 0.334 e. The molecular formula is C15H35NO2Si. The molecule has 0 radical (unpaired) electrons. The summed E-state index contributed by atoms with van der Waals surface area (Å²) in [6.07, 6.45) is 13.4. The molecule has 0 amide bonds. The highest BCUT2D eigenvalue weighted by Gasteiger charge is 2.27. The Morgan fingerprint density at radius 1 is 0.684 bits per heavy atom. The SMILES string of the molecule is CO[Si](C)(CCCCCCCCCCCCN)OC. The maximum absolute atomic E-state index is 5.49. The van der Waals surface area contributed by atoms with Gasteiger partial charge in [-0.2, -0.15) is 0 Å². The first-order chi connectivity index (χ1) is 9.18. The lowest BCUT2D eigenvalue weighted by Crippen LogP contribution is -2.35. The van der Waals surface area contributed by atoms with E-state index in [0.29, 0.717) is 0 Å². The van der Waals surface area contributed by atoms with Crippen molar-refractivity contribution in [1.82, 2.24) is 0 Å². The summed E-state index contributed by atoms with van der Waals surface area (Å²) in [4.78, 5) is 0. The van der Waals surface area contributed by atoms with E-state index in [0.717, 1.165) is 12.6 Å². The van der Waals surface area contributed by atoms with Crippen LogP contribution in [0.1, 0.15) is 64.2 Å². The van der Waals surface area contributed by atoms with Crippen LogP contribution in [0.4, 0.5) is 0 Å². The fourth-order valence-corrected chi connectivity index (χ4v) is 3.76. The Morgan fingerprint density at radius 3 is 1.42 bits per heavy atom. The summed E-state index contributed by atoms with van der Waals surface area (Å²) in [7, 11) is 1.75. The summed E-state index contributed by atoms with van der Waals surface area (Å²) in [5, 5.41) is 0. The molecule has 0 aromatic heterocycles. The Labute approximate surface area is 121 Å². The first kappa shape index (κ1) is 19.1. The van der Waals surface area contributed by atoms with Gasteiger partial charge in [-0.15, -0.1) is 0 Å². The molecule has 0 atom stereocenters. The molecule has 4 heteroatoms. The maximum atomic E-state index is 5.49. The van der Waals surface area contributed by atoms with Crippen LogP contribution in [0.25, 0.3) is 0 Å². The number of rotatable bonds is 14. The van der Waals surface area contributed by atoms with Gasteiger partial charge >= 0.3 is 8.56 Å². The van der Waals surface area contributed by atoms with Crippen molar-refractivity contribution in [3.8, 4) is 0 Å². The molecule has 0 unspecified atom stereocenters. The van der Waals surface area contributed by atoms with E-state index in [-0.39, 0.29) is 0 Å². The molecule has 0 aromatic carbocycles. The molecule has 3 nitrogen and oxygen atoms in total. The van der Waals surface area contributed by atoms with Gasteiger partial charge in [0.05, 0.1) is 0 Å². The summed E-state index contributed by atoms with van der Waals surface area (Å²) in [5.41, 5.74) is 5.47. The number of unbranched alkanes of at least 4 members (excludes halogenated alkanes) is 9. The van der Waals surface area contributed by atoms with Gasteiger partial charge in [0.2, 0.25) is 0 Å². The third kappa shape index (κ3) is 11.6. The Bertz CT molecular complexity index is 187. The van der Waals surface area contributed by atoms with Crippen molar-refractivity contribution in [2.45, 2.75) is 76.8 Å². The molecule has 0 saturated carbocycles. The molecule has 2 N–H and O–H groups in total. The lowest BCUT2D eigenvalue weighted by molar-refractivity contribution is 0.248. The molecule has 0 heterocycles. The quantitative estimate of drug-likeness (QED) is 0.385. The average molecular weight is 290 g/mol. The molecule has 0 aliphatic heterocycles. The van der Waals surface area contributed by atoms with Gasteiger partial charge in [-0.1, -0.05) is 57.8 Å². The van der Waals surface area contributed by atoms with Gasteiger partial charge in [0.15, 0.2) is 0 Å².